The SMILES string of the molecule is Cc1ccc(C(=O)N2CCCCC2)n1C. The first-order chi connectivity index (χ1) is 7.20. The van der Waals surface area contributed by atoms with Crippen LogP contribution in [0, 0.1) is 6.92 Å². The van der Waals surface area contributed by atoms with Crippen molar-refractivity contribution < 1.29 is 4.79 Å². The molecule has 0 spiro atoms. The maximum atomic E-state index is 12.1. The number of hydrogen-bond donors (Lipinski definition) is 0. The van der Waals surface area contributed by atoms with E-state index in [9.17, 15) is 4.79 Å². The van der Waals surface area contributed by atoms with E-state index < -0.39 is 0 Å². The van der Waals surface area contributed by atoms with Crippen LogP contribution in [0.1, 0.15) is 35.4 Å². The number of carbonyl (C=O) groups is 1. The van der Waals surface area contributed by atoms with Crippen LogP contribution in [0.2, 0.25) is 0 Å². The Morgan fingerprint density at radius 3 is 2.40 bits per heavy atom. The van der Waals surface area contributed by atoms with Crippen LogP contribution >= 0.6 is 0 Å². The van der Waals surface area contributed by atoms with E-state index in [0.717, 1.165) is 37.3 Å². The molecule has 1 saturated heterocycles. The molecule has 0 bridgehead atoms. The Hall–Kier alpha value is -1.25. The fourth-order valence-electron chi connectivity index (χ4n) is 2.09. The van der Waals surface area contributed by atoms with E-state index in [1.54, 1.807) is 0 Å². The Bertz CT molecular complexity index is 362. The highest BCUT2D eigenvalue weighted by molar-refractivity contribution is 5.93. The molecule has 0 N–H and O–H groups in total. The summed E-state index contributed by atoms with van der Waals surface area (Å²) in [4.78, 5) is 14.1. The molecule has 0 aromatic carbocycles. The molecule has 2 rings (SSSR count). The van der Waals surface area contributed by atoms with Gasteiger partial charge in [0.05, 0.1) is 0 Å². The number of aryl methyl sites for hydroxylation is 1. The molecule has 1 fully saturated rings. The number of piperidine rings is 1. The first-order valence-corrected chi connectivity index (χ1v) is 5.62. The number of nitrogens with zero attached hydrogens (tertiary/aromatic N) is 2. The first-order valence-electron chi connectivity index (χ1n) is 5.62. The molecule has 0 aliphatic carbocycles. The molecule has 82 valence electrons. The van der Waals surface area contributed by atoms with Crippen LogP contribution in [0.3, 0.4) is 0 Å². The maximum absolute atomic E-state index is 12.1. The summed E-state index contributed by atoms with van der Waals surface area (Å²) < 4.78 is 1.97. The molecule has 0 saturated carbocycles. The smallest absolute Gasteiger partial charge is 0.270 e. The molecular weight excluding hydrogens is 188 g/mol. The lowest BCUT2D eigenvalue weighted by atomic mass is 10.1. The molecule has 1 aliphatic heterocycles. The molecule has 0 unspecified atom stereocenters. The maximum Gasteiger partial charge on any atom is 0.270 e. The van der Waals surface area contributed by atoms with E-state index in [0.29, 0.717) is 0 Å². The number of rotatable bonds is 1. The van der Waals surface area contributed by atoms with Crippen molar-refractivity contribution in [3.05, 3.63) is 23.5 Å². The predicted octanol–water partition coefficient (Wildman–Crippen LogP) is 1.96. The standard InChI is InChI=1S/C12H18N2O/c1-10-6-7-11(13(10)2)12(15)14-8-4-3-5-9-14/h6-7H,3-5,8-9H2,1-2H3. The minimum absolute atomic E-state index is 0.185. The van der Waals surface area contributed by atoms with Crippen LogP contribution in [-0.4, -0.2) is 28.5 Å². The number of hydrogen-bond acceptors (Lipinski definition) is 1. The van der Waals surface area contributed by atoms with Crippen LogP contribution < -0.4 is 0 Å². The number of carbonyl (C=O) groups excluding carboxylic acids is 1. The van der Waals surface area contributed by atoms with Crippen molar-refractivity contribution in [3.63, 3.8) is 0 Å². The predicted molar refractivity (Wildman–Crippen MR) is 59.9 cm³/mol. The van der Waals surface area contributed by atoms with Crippen LogP contribution in [0.25, 0.3) is 0 Å². The van der Waals surface area contributed by atoms with Crippen LogP contribution in [0.5, 0.6) is 0 Å². The Morgan fingerprint density at radius 1 is 1.20 bits per heavy atom. The summed E-state index contributed by atoms with van der Waals surface area (Å²) in [5.41, 5.74) is 1.95. The third kappa shape index (κ3) is 1.91. The van der Waals surface area contributed by atoms with Gasteiger partial charge in [0, 0.05) is 25.8 Å². The van der Waals surface area contributed by atoms with Gasteiger partial charge in [0.2, 0.25) is 0 Å². The van der Waals surface area contributed by atoms with Gasteiger partial charge in [-0.25, -0.2) is 0 Å². The largest absolute Gasteiger partial charge is 0.344 e. The average molecular weight is 206 g/mol. The van der Waals surface area contributed by atoms with Gasteiger partial charge >= 0.3 is 0 Å². The van der Waals surface area contributed by atoms with Crippen molar-refractivity contribution in [2.45, 2.75) is 26.2 Å². The van der Waals surface area contributed by atoms with Crippen LogP contribution in [0.4, 0.5) is 0 Å². The van der Waals surface area contributed by atoms with Crippen molar-refractivity contribution in [1.29, 1.82) is 0 Å². The summed E-state index contributed by atoms with van der Waals surface area (Å²) in [6, 6.07) is 3.92. The third-order valence-corrected chi connectivity index (χ3v) is 3.24. The first kappa shape index (κ1) is 10.3. The molecule has 15 heavy (non-hydrogen) atoms. The van der Waals surface area contributed by atoms with Gasteiger partial charge < -0.3 is 9.47 Å². The lowest BCUT2D eigenvalue weighted by molar-refractivity contribution is 0.0714. The van der Waals surface area contributed by atoms with Gasteiger partial charge in [-0.15, -0.1) is 0 Å². The van der Waals surface area contributed by atoms with E-state index in [2.05, 4.69) is 0 Å². The number of likely N-dealkylation sites (tertiary alicyclic amines) is 1. The van der Waals surface area contributed by atoms with E-state index in [-0.39, 0.29) is 5.91 Å². The fraction of sp³-hybridized carbons (Fsp3) is 0.583. The summed E-state index contributed by atoms with van der Waals surface area (Å²) in [6.07, 6.45) is 3.56. The normalized spacial score (nSPS) is 16.8. The van der Waals surface area contributed by atoms with Gasteiger partial charge in [-0.3, -0.25) is 4.79 Å². The van der Waals surface area contributed by atoms with Gasteiger partial charge in [0.25, 0.3) is 5.91 Å². The van der Waals surface area contributed by atoms with Crippen molar-refractivity contribution in [2.24, 2.45) is 7.05 Å². The van der Waals surface area contributed by atoms with Gasteiger partial charge in [-0.1, -0.05) is 0 Å². The molecule has 3 nitrogen and oxygen atoms in total. The molecule has 0 atom stereocenters. The zero-order valence-corrected chi connectivity index (χ0v) is 9.49. The summed E-state index contributed by atoms with van der Waals surface area (Å²) in [7, 11) is 1.95. The second-order valence-corrected chi connectivity index (χ2v) is 4.27. The topological polar surface area (TPSA) is 25.2 Å². The fourth-order valence-corrected chi connectivity index (χ4v) is 2.09. The molecule has 2 heterocycles. The average Bonchev–Trinajstić information content (AvgIpc) is 2.60. The third-order valence-electron chi connectivity index (χ3n) is 3.24. The lowest BCUT2D eigenvalue weighted by Crippen LogP contribution is -2.36. The van der Waals surface area contributed by atoms with Gasteiger partial charge in [0.15, 0.2) is 0 Å². The molecule has 1 aliphatic rings. The van der Waals surface area contributed by atoms with Crippen molar-refractivity contribution in [3.8, 4) is 0 Å². The lowest BCUT2D eigenvalue weighted by Gasteiger charge is -2.26. The highest BCUT2D eigenvalue weighted by atomic mass is 16.2. The molecule has 0 radical (unpaired) electrons. The van der Waals surface area contributed by atoms with Crippen molar-refractivity contribution >= 4 is 5.91 Å². The van der Waals surface area contributed by atoms with Crippen molar-refractivity contribution in [2.75, 3.05) is 13.1 Å². The zero-order chi connectivity index (χ0) is 10.8. The van der Waals surface area contributed by atoms with E-state index in [4.69, 9.17) is 0 Å². The highest BCUT2D eigenvalue weighted by Gasteiger charge is 2.20. The van der Waals surface area contributed by atoms with Crippen molar-refractivity contribution in [1.82, 2.24) is 9.47 Å². The second-order valence-electron chi connectivity index (χ2n) is 4.27. The Morgan fingerprint density at radius 2 is 1.87 bits per heavy atom. The Kier molecular flexibility index (Phi) is 2.80. The summed E-state index contributed by atoms with van der Waals surface area (Å²) in [5.74, 6) is 0.185. The van der Waals surface area contributed by atoms with Gasteiger partial charge in [-0.2, -0.15) is 0 Å². The molecular formula is C12H18N2O. The highest BCUT2D eigenvalue weighted by Crippen LogP contribution is 2.14. The van der Waals surface area contributed by atoms with E-state index >= 15 is 0 Å². The van der Waals surface area contributed by atoms with E-state index in [1.807, 2.05) is 35.6 Å². The summed E-state index contributed by atoms with van der Waals surface area (Å²) in [5, 5.41) is 0. The number of aromatic nitrogens is 1. The van der Waals surface area contributed by atoms with Gasteiger partial charge in [-0.05, 0) is 38.3 Å². The molecule has 3 heteroatoms. The minimum Gasteiger partial charge on any atom is -0.344 e. The van der Waals surface area contributed by atoms with Crippen LogP contribution in [-0.2, 0) is 7.05 Å². The molecule has 1 aromatic heterocycles. The Labute approximate surface area is 90.7 Å². The number of amides is 1. The monoisotopic (exact) mass is 206 g/mol. The summed E-state index contributed by atoms with van der Waals surface area (Å²) in [6.45, 7) is 3.86. The quantitative estimate of drug-likeness (QED) is 0.689. The molecule has 1 amide bonds. The molecule has 1 aromatic rings. The minimum atomic E-state index is 0.185. The van der Waals surface area contributed by atoms with E-state index in [1.165, 1.54) is 6.42 Å². The van der Waals surface area contributed by atoms with Crippen LogP contribution in [0.15, 0.2) is 12.1 Å². The zero-order valence-electron chi connectivity index (χ0n) is 9.49. The summed E-state index contributed by atoms with van der Waals surface area (Å²) >= 11 is 0. The second kappa shape index (κ2) is 4.09. The van der Waals surface area contributed by atoms with Gasteiger partial charge in [0.1, 0.15) is 5.69 Å². The Balaban J connectivity index is 2.16.